The minimum absolute atomic E-state index is 0.0136. The van der Waals surface area contributed by atoms with E-state index in [9.17, 15) is 18.3 Å². The number of halogens is 3. The van der Waals surface area contributed by atoms with Crippen LogP contribution in [0.4, 0.5) is 13.2 Å². The number of aliphatic hydroxyl groups is 1. The summed E-state index contributed by atoms with van der Waals surface area (Å²) in [6.45, 7) is 1.67. The lowest BCUT2D eigenvalue weighted by atomic mass is 9.99. The van der Waals surface area contributed by atoms with Gasteiger partial charge in [0.1, 0.15) is 29.3 Å². The third-order valence-corrected chi connectivity index (χ3v) is 3.01. The summed E-state index contributed by atoms with van der Waals surface area (Å²) in [6, 6.07) is 5.93. The molecule has 0 amide bonds. The van der Waals surface area contributed by atoms with Gasteiger partial charge in [0.05, 0.1) is 12.7 Å². The van der Waals surface area contributed by atoms with Crippen LogP contribution in [0.1, 0.15) is 22.8 Å². The number of aliphatic hydroxyl groups excluding tert-OH is 1. The van der Waals surface area contributed by atoms with Crippen LogP contribution in [0.5, 0.6) is 5.75 Å². The van der Waals surface area contributed by atoms with Crippen molar-refractivity contribution in [1.82, 2.24) is 0 Å². The third kappa shape index (κ3) is 2.63. The summed E-state index contributed by atoms with van der Waals surface area (Å²) in [5.41, 5.74) is -0.138. The Bertz CT molecular complexity index is 618. The summed E-state index contributed by atoms with van der Waals surface area (Å²) in [7, 11) is 1.27. The predicted octanol–water partition coefficient (Wildman–Crippen LogP) is 3.50. The first-order valence-electron chi connectivity index (χ1n) is 5.91. The Kier molecular flexibility index (Phi) is 3.99. The monoisotopic (exact) mass is 282 g/mol. The van der Waals surface area contributed by atoms with E-state index in [0.717, 1.165) is 12.1 Å². The molecule has 2 nitrogen and oxygen atoms in total. The molecule has 1 unspecified atom stereocenters. The molecule has 0 bridgehead atoms. The first-order valence-corrected chi connectivity index (χ1v) is 5.91. The molecule has 1 N–H and O–H groups in total. The highest BCUT2D eigenvalue weighted by Gasteiger charge is 2.23. The lowest BCUT2D eigenvalue weighted by Crippen LogP contribution is -2.08. The zero-order valence-electron chi connectivity index (χ0n) is 11.0. The number of aryl methyl sites for hydroxylation is 1. The summed E-state index contributed by atoms with van der Waals surface area (Å²) < 4.78 is 46.2. The summed E-state index contributed by atoms with van der Waals surface area (Å²) in [5, 5.41) is 10.0. The van der Waals surface area contributed by atoms with Gasteiger partial charge in [0.15, 0.2) is 0 Å². The molecule has 0 saturated carbocycles. The molecule has 0 aliphatic rings. The van der Waals surface area contributed by atoms with Crippen molar-refractivity contribution >= 4 is 0 Å². The van der Waals surface area contributed by atoms with Gasteiger partial charge >= 0.3 is 0 Å². The maximum Gasteiger partial charge on any atom is 0.135 e. The van der Waals surface area contributed by atoms with Crippen molar-refractivity contribution in [2.45, 2.75) is 13.0 Å². The zero-order valence-corrected chi connectivity index (χ0v) is 11.0. The molecule has 0 fully saturated rings. The normalized spacial score (nSPS) is 12.3. The van der Waals surface area contributed by atoms with E-state index in [2.05, 4.69) is 0 Å². The van der Waals surface area contributed by atoms with E-state index < -0.39 is 29.1 Å². The molecule has 0 aliphatic heterocycles. The van der Waals surface area contributed by atoms with Crippen molar-refractivity contribution in [3.05, 3.63) is 64.5 Å². The van der Waals surface area contributed by atoms with E-state index in [0.29, 0.717) is 5.56 Å². The van der Waals surface area contributed by atoms with E-state index in [1.54, 1.807) is 13.0 Å². The number of ether oxygens (including phenoxy) is 1. The van der Waals surface area contributed by atoms with Crippen LogP contribution in [0.3, 0.4) is 0 Å². The van der Waals surface area contributed by atoms with Gasteiger partial charge in [-0.3, -0.25) is 0 Å². The number of hydrogen-bond acceptors (Lipinski definition) is 2. The highest BCUT2D eigenvalue weighted by molar-refractivity contribution is 5.37. The van der Waals surface area contributed by atoms with Crippen LogP contribution in [0, 0.1) is 24.4 Å². The van der Waals surface area contributed by atoms with Crippen LogP contribution in [-0.2, 0) is 0 Å². The van der Waals surface area contributed by atoms with Crippen LogP contribution >= 0.6 is 0 Å². The molecule has 20 heavy (non-hydrogen) atoms. The summed E-state index contributed by atoms with van der Waals surface area (Å²) >= 11 is 0. The molecule has 0 aromatic heterocycles. The highest BCUT2D eigenvalue weighted by atomic mass is 19.1. The predicted molar refractivity (Wildman–Crippen MR) is 68.1 cm³/mol. The Morgan fingerprint density at radius 2 is 1.60 bits per heavy atom. The molecule has 0 saturated heterocycles. The Balaban J connectivity index is 2.50. The van der Waals surface area contributed by atoms with E-state index >= 15 is 0 Å². The fourth-order valence-electron chi connectivity index (χ4n) is 1.95. The molecule has 5 heteroatoms. The van der Waals surface area contributed by atoms with Crippen molar-refractivity contribution in [2.75, 3.05) is 7.11 Å². The Morgan fingerprint density at radius 1 is 1.00 bits per heavy atom. The molecule has 0 radical (unpaired) electrons. The second kappa shape index (κ2) is 5.54. The van der Waals surface area contributed by atoms with Crippen LogP contribution in [-0.4, -0.2) is 12.2 Å². The Labute approximate surface area is 114 Å². The smallest absolute Gasteiger partial charge is 0.135 e. The van der Waals surface area contributed by atoms with Crippen LogP contribution in [0.15, 0.2) is 30.3 Å². The summed E-state index contributed by atoms with van der Waals surface area (Å²) in [6.07, 6.45) is -1.72. The molecule has 106 valence electrons. The molecular weight excluding hydrogens is 269 g/mol. The lowest BCUT2D eigenvalue weighted by Gasteiger charge is -2.15. The second-order valence-electron chi connectivity index (χ2n) is 4.43. The zero-order chi connectivity index (χ0) is 14.9. The van der Waals surface area contributed by atoms with E-state index in [1.807, 2.05) is 0 Å². The van der Waals surface area contributed by atoms with Gasteiger partial charge in [-0.15, -0.1) is 0 Å². The van der Waals surface area contributed by atoms with Crippen molar-refractivity contribution in [2.24, 2.45) is 0 Å². The molecule has 0 heterocycles. The number of rotatable bonds is 3. The molecule has 2 rings (SSSR count). The Morgan fingerprint density at radius 3 is 2.10 bits per heavy atom. The molecule has 2 aromatic rings. The van der Waals surface area contributed by atoms with E-state index in [4.69, 9.17) is 4.74 Å². The van der Waals surface area contributed by atoms with Gasteiger partial charge in [0.25, 0.3) is 0 Å². The molecule has 2 aromatic carbocycles. The number of methoxy groups -OCH3 is 1. The van der Waals surface area contributed by atoms with Gasteiger partial charge in [0.2, 0.25) is 0 Å². The van der Waals surface area contributed by atoms with Crippen molar-refractivity contribution < 1.29 is 23.0 Å². The van der Waals surface area contributed by atoms with Gasteiger partial charge in [-0.05, 0) is 18.6 Å². The second-order valence-corrected chi connectivity index (χ2v) is 4.43. The van der Waals surface area contributed by atoms with Crippen molar-refractivity contribution in [1.29, 1.82) is 0 Å². The minimum atomic E-state index is -1.72. The lowest BCUT2D eigenvalue weighted by molar-refractivity contribution is 0.203. The molecular formula is C15H13F3O2. The standard InChI is InChI=1S/C15H13F3O2/c1-8-3-4-10(11(16)5-8)15(19)14-12(17)6-9(20-2)7-13(14)18/h3-7,15,19H,1-2H3. The minimum Gasteiger partial charge on any atom is -0.497 e. The molecule has 0 spiro atoms. The number of benzene rings is 2. The molecule has 1 atom stereocenters. The maximum atomic E-state index is 13.8. The fourth-order valence-corrected chi connectivity index (χ4v) is 1.95. The van der Waals surface area contributed by atoms with E-state index in [-0.39, 0.29) is 11.3 Å². The number of hydrogen-bond donors (Lipinski definition) is 1. The van der Waals surface area contributed by atoms with Crippen LogP contribution < -0.4 is 4.74 Å². The largest absolute Gasteiger partial charge is 0.497 e. The maximum absolute atomic E-state index is 13.8. The van der Waals surface area contributed by atoms with Gasteiger partial charge in [-0.25, -0.2) is 13.2 Å². The first kappa shape index (κ1) is 14.4. The van der Waals surface area contributed by atoms with Crippen molar-refractivity contribution in [3.63, 3.8) is 0 Å². The molecule has 0 aliphatic carbocycles. The quantitative estimate of drug-likeness (QED) is 0.933. The van der Waals surface area contributed by atoms with Crippen molar-refractivity contribution in [3.8, 4) is 5.75 Å². The average molecular weight is 282 g/mol. The fraction of sp³-hybridized carbons (Fsp3) is 0.200. The summed E-state index contributed by atoms with van der Waals surface area (Å²) in [5.74, 6) is -2.71. The summed E-state index contributed by atoms with van der Waals surface area (Å²) in [4.78, 5) is 0. The SMILES string of the molecule is COc1cc(F)c(C(O)c2ccc(C)cc2F)c(F)c1. The van der Waals surface area contributed by atoms with Crippen LogP contribution in [0.25, 0.3) is 0 Å². The van der Waals surface area contributed by atoms with E-state index in [1.165, 1.54) is 19.2 Å². The highest BCUT2D eigenvalue weighted by Crippen LogP contribution is 2.31. The average Bonchev–Trinajstić information content (AvgIpc) is 2.37. The van der Waals surface area contributed by atoms with Gasteiger partial charge < -0.3 is 9.84 Å². The van der Waals surface area contributed by atoms with Crippen LogP contribution in [0.2, 0.25) is 0 Å². The topological polar surface area (TPSA) is 29.5 Å². The third-order valence-electron chi connectivity index (χ3n) is 3.01. The first-order chi connectivity index (χ1) is 9.43. The Hall–Kier alpha value is -2.01. The van der Waals surface area contributed by atoms with Gasteiger partial charge in [-0.2, -0.15) is 0 Å². The van der Waals surface area contributed by atoms with Gasteiger partial charge in [-0.1, -0.05) is 12.1 Å². The van der Waals surface area contributed by atoms with Gasteiger partial charge in [0, 0.05) is 17.7 Å².